The van der Waals surface area contributed by atoms with Gasteiger partial charge in [-0.3, -0.25) is 9.52 Å². The van der Waals surface area contributed by atoms with E-state index in [4.69, 9.17) is 0 Å². The van der Waals surface area contributed by atoms with E-state index < -0.39 is 15.8 Å². The Morgan fingerprint density at radius 1 is 1.14 bits per heavy atom. The number of hydrogen-bond acceptors (Lipinski definition) is 4. The molecule has 0 unspecified atom stereocenters. The second kappa shape index (κ2) is 8.66. The third-order valence-corrected chi connectivity index (χ3v) is 5.32. The number of carbonyl (C=O) groups is 1. The van der Waals surface area contributed by atoms with Gasteiger partial charge >= 0.3 is 0 Å². The number of hydrogen-bond donors (Lipinski definition) is 2. The molecule has 0 saturated carbocycles. The van der Waals surface area contributed by atoms with Crippen LogP contribution in [0.25, 0.3) is 0 Å². The van der Waals surface area contributed by atoms with Gasteiger partial charge in [-0.15, -0.1) is 0 Å². The molecular formula is C19H19FN4O3S. The van der Waals surface area contributed by atoms with Gasteiger partial charge in [0.05, 0.1) is 11.2 Å². The molecule has 2 N–H and O–H groups in total. The first-order chi connectivity index (χ1) is 13.4. The fourth-order valence-corrected chi connectivity index (χ4v) is 3.63. The van der Waals surface area contributed by atoms with Crippen molar-refractivity contribution in [2.75, 3.05) is 11.3 Å². The van der Waals surface area contributed by atoms with Crippen LogP contribution < -0.4 is 10.0 Å². The minimum Gasteiger partial charge on any atom is -0.352 e. The van der Waals surface area contributed by atoms with Gasteiger partial charge in [0.2, 0.25) is 0 Å². The SMILES string of the molecule is O=C(NCCCn1ccnc1)c1cccc(S(=O)(=O)Nc2ccc(F)cc2)c1. The first-order valence-electron chi connectivity index (χ1n) is 8.56. The van der Waals surface area contributed by atoms with E-state index in [9.17, 15) is 17.6 Å². The van der Waals surface area contributed by atoms with Gasteiger partial charge in [0, 0.05) is 36.7 Å². The van der Waals surface area contributed by atoms with Crippen molar-refractivity contribution in [2.24, 2.45) is 0 Å². The van der Waals surface area contributed by atoms with Crippen LogP contribution in [0.4, 0.5) is 10.1 Å². The van der Waals surface area contributed by atoms with Crippen LogP contribution in [-0.4, -0.2) is 30.4 Å². The molecule has 146 valence electrons. The van der Waals surface area contributed by atoms with Crippen LogP contribution in [0.5, 0.6) is 0 Å². The van der Waals surface area contributed by atoms with Gasteiger partial charge in [0.1, 0.15) is 5.82 Å². The highest BCUT2D eigenvalue weighted by Gasteiger charge is 2.16. The zero-order valence-electron chi connectivity index (χ0n) is 14.9. The van der Waals surface area contributed by atoms with E-state index in [1.54, 1.807) is 18.6 Å². The second-order valence-electron chi connectivity index (χ2n) is 6.05. The quantitative estimate of drug-likeness (QED) is 0.567. The smallest absolute Gasteiger partial charge is 0.261 e. The number of aromatic nitrogens is 2. The van der Waals surface area contributed by atoms with Crippen molar-refractivity contribution >= 4 is 21.6 Å². The average molecular weight is 402 g/mol. The lowest BCUT2D eigenvalue weighted by Crippen LogP contribution is -2.25. The van der Waals surface area contributed by atoms with Gasteiger partial charge < -0.3 is 9.88 Å². The maximum Gasteiger partial charge on any atom is 0.261 e. The summed E-state index contributed by atoms with van der Waals surface area (Å²) in [5, 5.41) is 2.77. The molecule has 0 bridgehead atoms. The monoisotopic (exact) mass is 402 g/mol. The number of sulfonamides is 1. The molecule has 0 aliphatic heterocycles. The number of rotatable bonds is 8. The highest BCUT2D eigenvalue weighted by molar-refractivity contribution is 7.92. The molecule has 9 heteroatoms. The Morgan fingerprint density at radius 3 is 2.64 bits per heavy atom. The lowest BCUT2D eigenvalue weighted by molar-refractivity contribution is 0.0952. The Labute approximate surface area is 162 Å². The fourth-order valence-electron chi connectivity index (χ4n) is 2.52. The van der Waals surface area contributed by atoms with Gasteiger partial charge in [-0.1, -0.05) is 6.07 Å². The average Bonchev–Trinajstić information content (AvgIpc) is 3.20. The van der Waals surface area contributed by atoms with Crippen LogP contribution in [0.3, 0.4) is 0 Å². The van der Waals surface area contributed by atoms with Gasteiger partial charge in [0.15, 0.2) is 0 Å². The maximum atomic E-state index is 13.0. The van der Waals surface area contributed by atoms with E-state index in [-0.39, 0.29) is 22.1 Å². The standard InChI is InChI=1S/C19H19FN4O3S/c20-16-5-7-17(8-6-16)23-28(26,27)18-4-1-3-15(13-18)19(25)22-9-2-11-24-12-10-21-14-24/h1,3-8,10,12-14,23H,2,9,11H2,(H,22,25). The molecule has 3 aromatic rings. The molecule has 3 rings (SSSR count). The Morgan fingerprint density at radius 2 is 1.93 bits per heavy atom. The Hall–Kier alpha value is -3.20. The van der Waals surface area contributed by atoms with Crippen molar-refractivity contribution in [2.45, 2.75) is 17.9 Å². The summed E-state index contributed by atoms with van der Waals surface area (Å²) in [5.41, 5.74) is 0.473. The summed E-state index contributed by atoms with van der Waals surface area (Å²) in [6.07, 6.45) is 5.94. The number of benzene rings is 2. The van der Waals surface area contributed by atoms with Gasteiger partial charge in [0.25, 0.3) is 15.9 Å². The second-order valence-corrected chi connectivity index (χ2v) is 7.73. The van der Waals surface area contributed by atoms with E-state index in [1.807, 2.05) is 10.8 Å². The highest BCUT2D eigenvalue weighted by Crippen LogP contribution is 2.17. The van der Waals surface area contributed by atoms with Crippen molar-refractivity contribution in [1.29, 1.82) is 0 Å². The minimum atomic E-state index is -3.90. The van der Waals surface area contributed by atoms with Crippen LogP contribution in [0.2, 0.25) is 0 Å². The molecule has 1 aromatic heterocycles. The van der Waals surface area contributed by atoms with Crippen LogP contribution in [0, 0.1) is 5.82 Å². The van der Waals surface area contributed by atoms with Crippen molar-refractivity contribution in [1.82, 2.24) is 14.9 Å². The van der Waals surface area contributed by atoms with Crippen molar-refractivity contribution < 1.29 is 17.6 Å². The summed E-state index contributed by atoms with van der Waals surface area (Å²) < 4.78 is 42.2. The Balaban J connectivity index is 1.61. The fraction of sp³-hybridized carbons (Fsp3) is 0.158. The van der Waals surface area contributed by atoms with Crippen molar-refractivity contribution in [3.63, 3.8) is 0 Å². The Kier molecular flexibility index (Phi) is 6.05. The van der Waals surface area contributed by atoms with Crippen molar-refractivity contribution in [3.05, 3.63) is 78.6 Å². The Bertz CT molecular complexity index is 1040. The van der Waals surface area contributed by atoms with Crippen molar-refractivity contribution in [3.8, 4) is 0 Å². The molecule has 0 spiro atoms. The molecule has 28 heavy (non-hydrogen) atoms. The summed E-state index contributed by atoms with van der Waals surface area (Å²) in [6.45, 7) is 1.16. The van der Waals surface area contributed by atoms with Gasteiger partial charge in [-0.2, -0.15) is 0 Å². The van der Waals surface area contributed by atoms with Gasteiger partial charge in [-0.25, -0.2) is 17.8 Å². The zero-order valence-corrected chi connectivity index (χ0v) is 15.7. The minimum absolute atomic E-state index is 0.0529. The van der Waals surface area contributed by atoms with E-state index in [1.165, 1.54) is 30.3 Å². The first-order valence-corrected chi connectivity index (χ1v) is 10.0. The molecule has 0 radical (unpaired) electrons. The van der Waals surface area contributed by atoms with E-state index in [0.29, 0.717) is 13.0 Å². The summed E-state index contributed by atoms with van der Waals surface area (Å²) in [5.74, 6) is -0.820. The molecule has 0 aliphatic rings. The summed E-state index contributed by atoms with van der Waals surface area (Å²) in [6, 6.07) is 10.7. The molecule has 0 aliphatic carbocycles. The number of nitrogens with one attached hydrogen (secondary N) is 2. The number of imidazole rings is 1. The molecule has 7 nitrogen and oxygen atoms in total. The molecular weight excluding hydrogens is 383 g/mol. The van der Waals surface area contributed by atoms with Crippen LogP contribution in [0.15, 0.2) is 72.1 Å². The van der Waals surface area contributed by atoms with Gasteiger partial charge in [-0.05, 0) is 48.9 Å². The largest absolute Gasteiger partial charge is 0.352 e. The summed E-state index contributed by atoms with van der Waals surface area (Å²) >= 11 is 0. The molecule has 0 atom stereocenters. The predicted octanol–water partition coefficient (Wildman–Crippen LogP) is 2.64. The predicted molar refractivity (Wildman–Crippen MR) is 103 cm³/mol. The zero-order chi connectivity index (χ0) is 20.0. The molecule has 0 saturated heterocycles. The first kappa shape index (κ1) is 19.6. The topological polar surface area (TPSA) is 93.1 Å². The highest BCUT2D eigenvalue weighted by atomic mass is 32.2. The number of anilines is 1. The van der Waals surface area contributed by atoms with Crippen LogP contribution >= 0.6 is 0 Å². The molecule has 1 amide bonds. The third kappa shape index (κ3) is 5.17. The van der Waals surface area contributed by atoms with Crippen LogP contribution in [0.1, 0.15) is 16.8 Å². The number of nitrogens with zero attached hydrogens (tertiary/aromatic N) is 2. The number of aryl methyl sites for hydroxylation is 1. The summed E-state index contributed by atoms with van der Waals surface area (Å²) in [4.78, 5) is 16.2. The number of carbonyl (C=O) groups excluding carboxylic acids is 1. The number of halogens is 1. The lowest BCUT2D eigenvalue weighted by atomic mass is 10.2. The lowest BCUT2D eigenvalue weighted by Gasteiger charge is -2.10. The normalized spacial score (nSPS) is 11.2. The molecule has 1 heterocycles. The van der Waals surface area contributed by atoms with Crippen LogP contribution in [-0.2, 0) is 16.6 Å². The van der Waals surface area contributed by atoms with E-state index >= 15 is 0 Å². The van der Waals surface area contributed by atoms with E-state index in [0.717, 1.165) is 18.7 Å². The third-order valence-electron chi connectivity index (χ3n) is 3.94. The summed E-state index contributed by atoms with van der Waals surface area (Å²) in [7, 11) is -3.90. The molecule has 2 aromatic carbocycles. The maximum absolute atomic E-state index is 13.0. The molecule has 0 fully saturated rings. The van der Waals surface area contributed by atoms with E-state index in [2.05, 4.69) is 15.0 Å². The number of amides is 1.